The Labute approximate surface area is 130 Å². The average Bonchev–Trinajstić information content (AvgIpc) is 2.24. The van der Waals surface area contributed by atoms with Crippen LogP contribution in [0, 0.1) is 10.8 Å². The number of thiocarbonyl (C=S) groups is 1. The normalized spacial score (nSPS) is 21.4. The van der Waals surface area contributed by atoms with Gasteiger partial charge in [-0.2, -0.15) is 0 Å². The third kappa shape index (κ3) is 6.89. The molecule has 0 heterocycles. The van der Waals surface area contributed by atoms with Gasteiger partial charge in [0.05, 0.1) is 0 Å². The van der Waals surface area contributed by atoms with E-state index in [0.29, 0.717) is 16.9 Å². The van der Waals surface area contributed by atoms with Gasteiger partial charge >= 0.3 is 0 Å². The molecular weight excluding hydrogens is 268 g/mol. The molecule has 3 nitrogen and oxygen atoms in total. The van der Waals surface area contributed by atoms with Crippen LogP contribution in [0.1, 0.15) is 60.3 Å². The summed E-state index contributed by atoms with van der Waals surface area (Å²) in [6.07, 6.45) is 4.67. The Balaban J connectivity index is 2.30. The predicted octanol–water partition coefficient (Wildman–Crippen LogP) is 3.48. The molecule has 1 rings (SSSR count). The summed E-state index contributed by atoms with van der Waals surface area (Å²) in [5.74, 6) is 0. The highest BCUT2D eigenvalue weighted by atomic mass is 32.1. The Morgan fingerprint density at radius 2 is 1.80 bits per heavy atom. The van der Waals surface area contributed by atoms with Gasteiger partial charge in [-0.3, -0.25) is 0 Å². The van der Waals surface area contributed by atoms with Crippen molar-refractivity contribution in [3.05, 3.63) is 0 Å². The minimum atomic E-state index is 0.393. The van der Waals surface area contributed by atoms with Gasteiger partial charge in [0.25, 0.3) is 0 Å². The Morgan fingerprint density at radius 3 is 2.35 bits per heavy atom. The first-order valence-corrected chi connectivity index (χ1v) is 8.27. The fourth-order valence-corrected chi connectivity index (χ4v) is 3.97. The summed E-state index contributed by atoms with van der Waals surface area (Å²) < 4.78 is 5.32. The summed E-state index contributed by atoms with van der Waals surface area (Å²) >= 11 is 5.40. The van der Waals surface area contributed by atoms with E-state index in [1.165, 1.54) is 19.3 Å². The summed E-state index contributed by atoms with van der Waals surface area (Å²) in [5.41, 5.74) is 0.786. The lowest BCUT2D eigenvalue weighted by Gasteiger charge is -2.45. The van der Waals surface area contributed by atoms with Gasteiger partial charge in [0, 0.05) is 25.8 Å². The molecule has 0 saturated heterocycles. The van der Waals surface area contributed by atoms with E-state index in [1.54, 1.807) is 0 Å². The van der Waals surface area contributed by atoms with Crippen molar-refractivity contribution in [3.63, 3.8) is 0 Å². The average molecular weight is 301 g/mol. The van der Waals surface area contributed by atoms with E-state index in [-0.39, 0.29) is 0 Å². The molecule has 0 spiro atoms. The molecular formula is C16H32N2OS. The third-order valence-electron chi connectivity index (χ3n) is 3.85. The van der Waals surface area contributed by atoms with Crippen LogP contribution in [0.3, 0.4) is 0 Å². The second-order valence-corrected chi connectivity index (χ2v) is 7.97. The molecule has 0 aliphatic heterocycles. The van der Waals surface area contributed by atoms with Crippen molar-refractivity contribution in [1.82, 2.24) is 10.6 Å². The summed E-state index contributed by atoms with van der Waals surface area (Å²) in [6, 6.07) is 0.487. The highest BCUT2D eigenvalue weighted by Gasteiger charge is 2.38. The van der Waals surface area contributed by atoms with E-state index in [4.69, 9.17) is 17.0 Å². The number of nitrogens with one attached hydrogen (secondary N) is 2. The first-order valence-electron chi connectivity index (χ1n) is 7.86. The quantitative estimate of drug-likeness (QED) is 0.581. The zero-order valence-electron chi connectivity index (χ0n) is 13.8. The van der Waals surface area contributed by atoms with Crippen molar-refractivity contribution in [2.24, 2.45) is 10.8 Å². The fraction of sp³-hybridized carbons (Fsp3) is 0.938. The van der Waals surface area contributed by atoms with Crippen molar-refractivity contribution in [3.8, 4) is 0 Å². The van der Waals surface area contributed by atoms with Crippen molar-refractivity contribution in [2.45, 2.75) is 66.3 Å². The summed E-state index contributed by atoms with van der Waals surface area (Å²) in [7, 11) is 0. The van der Waals surface area contributed by atoms with Crippen LogP contribution in [0.15, 0.2) is 0 Å². The maximum atomic E-state index is 5.40. The van der Waals surface area contributed by atoms with Crippen LogP contribution in [0.2, 0.25) is 0 Å². The van der Waals surface area contributed by atoms with Crippen LogP contribution in [0.4, 0.5) is 0 Å². The van der Waals surface area contributed by atoms with Crippen molar-refractivity contribution in [2.75, 3.05) is 19.8 Å². The van der Waals surface area contributed by atoms with Gasteiger partial charge in [-0.05, 0) is 55.7 Å². The Kier molecular flexibility index (Phi) is 6.73. The molecule has 1 aliphatic carbocycles. The molecule has 0 radical (unpaired) electrons. The lowest BCUT2D eigenvalue weighted by atomic mass is 9.63. The van der Waals surface area contributed by atoms with Crippen molar-refractivity contribution in [1.29, 1.82) is 0 Å². The molecule has 4 heteroatoms. The molecule has 0 unspecified atom stereocenters. The minimum absolute atomic E-state index is 0.393. The lowest BCUT2D eigenvalue weighted by Crippen LogP contribution is -2.49. The molecule has 0 aromatic rings. The lowest BCUT2D eigenvalue weighted by molar-refractivity contribution is 0.0921. The number of ether oxygens (including phenoxy) is 1. The summed E-state index contributed by atoms with van der Waals surface area (Å²) in [5, 5.41) is 7.58. The van der Waals surface area contributed by atoms with E-state index in [9.17, 15) is 0 Å². The molecule has 1 aliphatic rings. The molecule has 1 fully saturated rings. The van der Waals surface area contributed by atoms with Crippen LogP contribution in [0.25, 0.3) is 0 Å². The SMILES string of the molecule is CCOCCCNC(=S)NC1CC(C)(C)CC(C)(C)C1. The predicted molar refractivity (Wildman–Crippen MR) is 90.0 cm³/mol. The van der Waals surface area contributed by atoms with E-state index in [0.717, 1.165) is 31.3 Å². The Morgan fingerprint density at radius 1 is 1.20 bits per heavy atom. The fourth-order valence-electron chi connectivity index (χ4n) is 3.71. The van der Waals surface area contributed by atoms with Gasteiger partial charge in [-0.25, -0.2) is 0 Å². The molecule has 2 N–H and O–H groups in total. The van der Waals surface area contributed by atoms with Gasteiger partial charge in [0.1, 0.15) is 0 Å². The molecule has 118 valence electrons. The number of hydrogen-bond acceptors (Lipinski definition) is 2. The third-order valence-corrected chi connectivity index (χ3v) is 4.11. The van der Waals surface area contributed by atoms with Crippen molar-refractivity contribution < 1.29 is 4.74 Å². The van der Waals surface area contributed by atoms with Crippen molar-refractivity contribution >= 4 is 17.3 Å². The first kappa shape index (κ1) is 17.7. The highest BCUT2D eigenvalue weighted by molar-refractivity contribution is 7.80. The molecule has 0 amide bonds. The Bertz CT molecular complexity index is 300. The van der Waals surface area contributed by atoms with Crippen LogP contribution in [-0.4, -0.2) is 30.9 Å². The molecule has 0 aromatic carbocycles. The second-order valence-electron chi connectivity index (χ2n) is 7.56. The second kappa shape index (κ2) is 7.60. The molecule has 20 heavy (non-hydrogen) atoms. The van der Waals surface area contributed by atoms with Crippen LogP contribution in [0.5, 0.6) is 0 Å². The zero-order valence-corrected chi connectivity index (χ0v) is 14.7. The maximum absolute atomic E-state index is 5.40. The first-order chi connectivity index (χ1) is 9.24. The molecule has 0 bridgehead atoms. The van der Waals surface area contributed by atoms with Crippen LogP contribution < -0.4 is 10.6 Å². The van der Waals surface area contributed by atoms with Gasteiger partial charge in [0.2, 0.25) is 0 Å². The smallest absolute Gasteiger partial charge is 0.166 e. The standard InChI is InChI=1S/C16H32N2OS/c1-6-19-9-7-8-17-14(20)18-13-10-15(2,3)12-16(4,5)11-13/h13H,6-12H2,1-5H3,(H2,17,18,20). The topological polar surface area (TPSA) is 33.3 Å². The Hall–Kier alpha value is -0.350. The van der Waals surface area contributed by atoms with Gasteiger partial charge in [0.15, 0.2) is 5.11 Å². The minimum Gasteiger partial charge on any atom is -0.382 e. The summed E-state index contributed by atoms with van der Waals surface area (Å²) in [6.45, 7) is 13.9. The van der Waals surface area contributed by atoms with E-state index >= 15 is 0 Å². The van der Waals surface area contributed by atoms with Gasteiger partial charge in [-0.15, -0.1) is 0 Å². The van der Waals surface area contributed by atoms with E-state index < -0.39 is 0 Å². The van der Waals surface area contributed by atoms with E-state index in [1.807, 2.05) is 6.92 Å². The zero-order chi connectivity index (χ0) is 15.2. The number of rotatable bonds is 6. The monoisotopic (exact) mass is 300 g/mol. The highest BCUT2D eigenvalue weighted by Crippen LogP contribution is 2.45. The van der Waals surface area contributed by atoms with E-state index in [2.05, 4.69) is 38.3 Å². The molecule has 0 aromatic heterocycles. The van der Waals surface area contributed by atoms with Crippen LogP contribution in [-0.2, 0) is 4.74 Å². The largest absolute Gasteiger partial charge is 0.382 e. The molecule has 1 saturated carbocycles. The molecule has 0 atom stereocenters. The van der Waals surface area contributed by atoms with Gasteiger partial charge < -0.3 is 15.4 Å². The van der Waals surface area contributed by atoms with Gasteiger partial charge in [-0.1, -0.05) is 27.7 Å². The summed E-state index contributed by atoms with van der Waals surface area (Å²) in [4.78, 5) is 0. The number of hydrogen-bond donors (Lipinski definition) is 2. The maximum Gasteiger partial charge on any atom is 0.166 e. The van der Waals surface area contributed by atoms with Crippen LogP contribution >= 0.6 is 12.2 Å².